The zero-order chi connectivity index (χ0) is 17.6. The van der Waals surface area contributed by atoms with Crippen molar-refractivity contribution in [3.05, 3.63) is 46.6 Å². The van der Waals surface area contributed by atoms with Gasteiger partial charge in [-0.2, -0.15) is 4.98 Å². The zero-order valence-corrected chi connectivity index (χ0v) is 15.0. The fourth-order valence-electron chi connectivity index (χ4n) is 3.44. The predicted molar refractivity (Wildman–Crippen MR) is 93.5 cm³/mol. The second-order valence-electron chi connectivity index (χ2n) is 7.33. The van der Waals surface area contributed by atoms with E-state index in [1.807, 2.05) is 37.9 Å². The van der Waals surface area contributed by atoms with Crippen molar-refractivity contribution in [1.29, 1.82) is 0 Å². The Morgan fingerprint density at radius 3 is 2.76 bits per heavy atom. The molecule has 0 spiro atoms. The van der Waals surface area contributed by atoms with Crippen LogP contribution in [0.2, 0.25) is 0 Å². The quantitative estimate of drug-likeness (QED) is 0.860. The maximum absolute atomic E-state index is 13.0. The van der Waals surface area contributed by atoms with Gasteiger partial charge >= 0.3 is 0 Å². The molecule has 0 N–H and O–H groups in total. The number of aromatic nitrogens is 2. The van der Waals surface area contributed by atoms with Crippen molar-refractivity contribution in [2.24, 2.45) is 0 Å². The predicted octanol–water partition coefficient (Wildman–Crippen LogP) is 2.69. The molecule has 2 aromatic rings. The molecule has 1 aliphatic carbocycles. The van der Waals surface area contributed by atoms with Gasteiger partial charge in [-0.25, -0.2) is 0 Å². The van der Waals surface area contributed by atoms with Crippen molar-refractivity contribution in [3.63, 3.8) is 0 Å². The molecule has 25 heavy (non-hydrogen) atoms. The maximum atomic E-state index is 13.0. The molecular weight excluding hydrogens is 316 g/mol. The van der Waals surface area contributed by atoms with E-state index in [9.17, 15) is 4.79 Å². The van der Waals surface area contributed by atoms with Gasteiger partial charge in [0, 0.05) is 31.1 Å². The first-order valence-electron chi connectivity index (χ1n) is 8.93. The molecule has 1 atom stereocenters. The fraction of sp³-hybridized carbons (Fsp3) is 0.526. The summed E-state index contributed by atoms with van der Waals surface area (Å²) in [5, 5.41) is 4.12. The molecular formula is C19H24N4O2. The topological polar surface area (TPSA) is 62.5 Å². The average Bonchev–Trinajstić information content (AvgIpc) is 3.32. The molecule has 2 fully saturated rings. The van der Waals surface area contributed by atoms with Crippen LogP contribution >= 0.6 is 0 Å². The number of likely N-dealkylation sites (N-methyl/N-ethyl adjacent to an activating group) is 1. The summed E-state index contributed by atoms with van der Waals surface area (Å²) in [6.07, 6.45) is 2.30. The van der Waals surface area contributed by atoms with Crippen LogP contribution in [0.25, 0.3) is 0 Å². The Morgan fingerprint density at radius 2 is 2.04 bits per heavy atom. The molecule has 6 heteroatoms. The van der Waals surface area contributed by atoms with Gasteiger partial charge in [-0.05, 0) is 45.4 Å². The van der Waals surface area contributed by atoms with Crippen LogP contribution in [0.5, 0.6) is 0 Å². The van der Waals surface area contributed by atoms with E-state index < -0.39 is 0 Å². The second-order valence-corrected chi connectivity index (χ2v) is 7.33. The number of hydrogen-bond donors (Lipinski definition) is 0. The SMILES string of the molecule is Cc1ccc(C(=O)N2CCN(C)[C@@H](c3nc(C4CC4)no3)C2)c(C)c1. The molecule has 1 saturated heterocycles. The van der Waals surface area contributed by atoms with E-state index in [4.69, 9.17) is 4.52 Å². The summed E-state index contributed by atoms with van der Waals surface area (Å²) < 4.78 is 5.51. The summed E-state index contributed by atoms with van der Waals surface area (Å²) in [4.78, 5) is 21.7. The van der Waals surface area contributed by atoms with Crippen LogP contribution in [-0.2, 0) is 0 Å². The third-order valence-electron chi connectivity index (χ3n) is 5.23. The third-order valence-corrected chi connectivity index (χ3v) is 5.23. The van der Waals surface area contributed by atoms with Gasteiger partial charge in [-0.15, -0.1) is 0 Å². The molecule has 1 saturated carbocycles. The Hall–Kier alpha value is -2.21. The summed E-state index contributed by atoms with van der Waals surface area (Å²) >= 11 is 0. The van der Waals surface area contributed by atoms with E-state index in [-0.39, 0.29) is 11.9 Å². The highest BCUT2D eigenvalue weighted by atomic mass is 16.5. The van der Waals surface area contributed by atoms with Gasteiger partial charge in [0.15, 0.2) is 5.82 Å². The number of nitrogens with zero attached hydrogens (tertiary/aromatic N) is 4. The third kappa shape index (κ3) is 3.18. The molecule has 1 amide bonds. The van der Waals surface area contributed by atoms with Crippen LogP contribution in [0.4, 0.5) is 0 Å². The molecule has 0 unspecified atom stereocenters. The molecule has 0 radical (unpaired) electrons. The summed E-state index contributed by atoms with van der Waals surface area (Å²) in [6.45, 7) is 6.12. The molecule has 2 aliphatic rings. The average molecular weight is 340 g/mol. The number of benzene rings is 1. The monoisotopic (exact) mass is 340 g/mol. The van der Waals surface area contributed by atoms with Gasteiger partial charge in [-0.1, -0.05) is 22.9 Å². The van der Waals surface area contributed by atoms with Crippen molar-refractivity contribution < 1.29 is 9.32 Å². The molecule has 6 nitrogen and oxygen atoms in total. The lowest BCUT2D eigenvalue weighted by Gasteiger charge is -2.37. The number of rotatable bonds is 3. The summed E-state index contributed by atoms with van der Waals surface area (Å²) in [7, 11) is 2.05. The van der Waals surface area contributed by atoms with E-state index in [0.29, 0.717) is 24.9 Å². The van der Waals surface area contributed by atoms with E-state index in [1.54, 1.807) is 0 Å². The summed E-state index contributed by atoms with van der Waals surface area (Å²) in [6, 6.07) is 5.94. The number of piperazine rings is 1. The summed E-state index contributed by atoms with van der Waals surface area (Å²) in [5.74, 6) is 2.00. The first-order valence-corrected chi connectivity index (χ1v) is 8.93. The highest BCUT2D eigenvalue weighted by molar-refractivity contribution is 5.95. The normalized spacial score (nSPS) is 21.6. The number of carbonyl (C=O) groups is 1. The second kappa shape index (κ2) is 6.26. The van der Waals surface area contributed by atoms with Crippen molar-refractivity contribution >= 4 is 5.91 Å². The summed E-state index contributed by atoms with van der Waals surface area (Å²) in [5.41, 5.74) is 2.97. The minimum Gasteiger partial charge on any atom is -0.338 e. The smallest absolute Gasteiger partial charge is 0.254 e. The highest BCUT2D eigenvalue weighted by Gasteiger charge is 2.35. The molecule has 1 aromatic heterocycles. The molecule has 4 rings (SSSR count). The first kappa shape index (κ1) is 16.3. The largest absolute Gasteiger partial charge is 0.338 e. The Kier molecular flexibility index (Phi) is 4.07. The highest BCUT2D eigenvalue weighted by Crippen LogP contribution is 2.39. The fourth-order valence-corrected chi connectivity index (χ4v) is 3.44. The van der Waals surface area contributed by atoms with Crippen molar-refractivity contribution in [2.45, 2.75) is 38.6 Å². The Morgan fingerprint density at radius 1 is 1.24 bits per heavy atom. The Bertz CT molecular complexity index is 796. The van der Waals surface area contributed by atoms with Crippen LogP contribution in [0.1, 0.15) is 58.0 Å². The lowest BCUT2D eigenvalue weighted by Crippen LogP contribution is -2.49. The number of hydrogen-bond acceptors (Lipinski definition) is 5. The number of amides is 1. The van der Waals surface area contributed by atoms with Crippen LogP contribution in [0.3, 0.4) is 0 Å². The van der Waals surface area contributed by atoms with Crippen LogP contribution < -0.4 is 0 Å². The molecule has 1 aliphatic heterocycles. The standard InChI is InChI=1S/C19H24N4O2/c1-12-4-7-15(13(2)10-12)19(24)23-9-8-22(3)16(11-23)18-20-17(21-25-18)14-5-6-14/h4,7,10,14,16H,5-6,8-9,11H2,1-3H3/t16-/m1/s1. The van der Waals surface area contributed by atoms with Gasteiger partial charge in [0.2, 0.25) is 5.89 Å². The first-order chi connectivity index (χ1) is 12.0. The Labute approximate surface area is 147 Å². The lowest BCUT2D eigenvalue weighted by molar-refractivity contribution is 0.0488. The van der Waals surface area contributed by atoms with Crippen LogP contribution in [0, 0.1) is 13.8 Å². The molecule has 1 aromatic carbocycles. The minimum absolute atomic E-state index is 0.0385. The Balaban J connectivity index is 1.53. The number of carbonyl (C=O) groups excluding carboxylic acids is 1. The zero-order valence-electron chi connectivity index (χ0n) is 15.0. The van der Waals surface area contributed by atoms with Gasteiger partial charge in [0.1, 0.15) is 6.04 Å². The van der Waals surface area contributed by atoms with Gasteiger partial charge < -0.3 is 9.42 Å². The van der Waals surface area contributed by atoms with Crippen molar-refractivity contribution in [3.8, 4) is 0 Å². The molecule has 132 valence electrons. The van der Waals surface area contributed by atoms with Gasteiger partial charge in [0.25, 0.3) is 5.91 Å². The van der Waals surface area contributed by atoms with E-state index >= 15 is 0 Å². The maximum Gasteiger partial charge on any atom is 0.254 e. The van der Waals surface area contributed by atoms with Crippen LogP contribution in [0.15, 0.2) is 22.7 Å². The van der Waals surface area contributed by atoms with Gasteiger partial charge in [0.05, 0.1) is 0 Å². The number of aryl methyl sites for hydroxylation is 2. The van der Waals surface area contributed by atoms with E-state index in [1.165, 1.54) is 5.56 Å². The van der Waals surface area contributed by atoms with E-state index in [0.717, 1.165) is 36.3 Å². The molecule has 0 bridgehead atoms. The van der Waals surface area contributed by atoms with Crippen molar-refractivity contribution in [2.75, 3.05) is 26.7 Å². The lowest BCUT2D eigenvalue weighted by atomic mass is 10.0. The van der Waals surface area contributed by atoms with E-state index in [2.05, 4.69) is 21.1 Å². The van der Waals surface area contributed by atoms with Crippen LogP contribution in [-0.4, -0.2) is 52.5 Å². The molecule has 2 heterocycles. The van der Waals surface area contributed by atoms with Crippen molar-refractivity contribution in [1.82, 2.24) is 19.9 Å². The minimum atomic E-state index is -0.0385. The van der Waals surface area contributed by atoms with Gasteiger partial charge in [-0.3, -0.25) is 9.69 Å².